The molecule has 0 aromatic heterocycles. The normalized spacial score (nSPS) is 36.7. The highest BCUT2D eigenvalue weighted by Crippen LogP contribution is 2.38. The first-order valence-corrected chi connectivity index (χ1v) is 6.57. The molecule has 2 rings (SSSR count). The molecule has 1 fully saturated rings. The van der Waals surface area contributed by atoms with Gasteiger partial charge in [0.15, 0.2) is 0 Å². The zero-order chi connectivity index (χ0) is 8.23. The van der Waals surface area contributed by atoms with E-state index in [9.17, 15) is 0 Å². The number of thioether (sulfide) groups is 2. The summed E-state index contributed by atoms with van der Waals surface area (Å²) in [6.07, 6.45) is 7.69. The van der Waals surface area contributed by atoms with Crippen LogP contribution >= 0.6 is 23.5 Å². The summed E-state index contributed by atoms with van der Waals surface area (Å²) in [5.41, 5.74) is 0. The monoisotopic (exact) mass is 198 g/mol. The minimum Gasteiger partial charge on any atom is -0.152 e. The van der Waals surface area contributed by atoms with Crippen LogP contribution in [0.4, 0.5) is 0 Å². The molecule has 2 heterocycles. The van der Waals surface area contributed by atoms with E-state index in [-0.39, 0.29) is 0 Å². The Morgan fingerprint density at radius 2 is 2.33 bits per heavy atom. The maximum Gasteiger partial charge on any atom is 0.0526 e. The maximum atomic E-state index is 3.55. The van der Waals surface area contributed by atoms with Gasteiger partial charge in [0.25, 0.3) is 0 Å². The average Bonchev–Trinajstić information content (AvgIpc) is 2.21. The first-order chi connectivity index (χ1) is 5.97. The molecule has 2 aliphatic rings. The highest BCUT2D eigenvalue weighted by Gasteiger charge is 2.24. The van der Waals surface area contributed by atoms with Crippen LogP contribution in [0.15, 0.2) is 11.5 Å². The molecule has 2 unspecified atom stereocenters. The van der Waals surface area contributed by atoms with Crippen LogP contribution in [0.3, 0.4) is 0 Å². The fraction of sp³-hybridized carbons (Fsp3) is 0.700. The summed E-state index contributed by atoms with van der Waals surface area (Å²) in [5, 5.41) is 3.11. The molecule has 0 saturated carbocycles. The standard InChI is InChI=1S/C10H14S2/c1-2-7-12-10(5-1)9-4-3-6-11-8-9/h2,7,9-10H,1,3-6H2. The van der Waals surface area contributed by atoms with Crippen LogP contribution in [0.5, 0.6) is 0 Å². The van der Waals surface area contributed by atoms with Gasteiger partial charge in [0.1, 0.15) is 0 Å². The molecular formula is C10H14S2. The Morgan fingerprint density at radius 1 is 1.33 bits per heavy atom. The van der Waals surface area contributed by atoms with Crippen molar-refractivity contribution in [3.05, 3.63) is 17.2 Å². The molecule has 0 spiro atoms. The van der Waals surface area contributed by atoms with Crippen molar-refractivity contribution in [2.45, 2.75) is 30.9 Å². The molecule has 66 valence electrons. The van der Waals surface area contributed by atoms with E-state index in [1.165, 1.54) is 31.4 Å². The van der Waals surface area contributed by atoms with Gasteiger partial charge in [0.05, 0.1) is 5.75 Å². The van der Waals surface area contributed by atoms with E-state index in [1.807, 2.05) is 23.5 Å². The Bertz CT molecular complexity index is 159. The van der Waals surface area contributed by atoms with Crippen molar-refractivity contribution in [3.63, 3.8) is 0 Å². The van der Waals surface area contributed by atoms with Crippen molar-refractivity contribution in [1.82, 2.24) is 0 Å². The van der Waals surface area contributed by atoms with Crippen LogP contribution in [0.2, 0.25) is 0 Å². The quantitative estimate of drug-likeness (QED) is 0.631. The molecule has 0 amide bonds. The summed E-state index contributed by atoms with van der Waals surface area (Å²) in [7, 11) is 0. The van der Waals surface area contributed by atoms with Gasteiger partial charge in [-0.3, -0.25) is 0 Å². The van der Waals surface area contributed by atoms with Crippen molar-refractivity contribution in [1.29, 1.82) is 0 Å². The molecule has 2 heteroatoms. The van der Waals surface area contributed by atoms with E-state index in [4.69, 9.17) is 0 Å². The smallest absolute Gasteiger partial charge is 0.0526 e. The minimum absolute atomic E-state index is 0.763. The van der Waals surface area contributed by atoms with Crippen LogP contribution in [-0.4, -0.2) is 11.0 Å². The summed E-state index contributed by atoms with van der Waals surface area (Å²) >= 11 is 3.92. The first kappa shape index (κ1) is 9.01. The summed E-state index contributed by atoms with van der Waals surface area (Å²) in [5.74, 6) is 5.61. The third-order valence-corrected chi connectivity index (χ3v) is 4.64. The van der Waals surface area contributed by atoms with Crippen molar-refractivity contribution >= 4 is 23.5 Å². The van der Waals surface area contributed by atoms with Crippen molar-refractivity contribution in [2.24, 2.45) is 5.92 Å². The number of allylic oxidation sites excluding steroid dienone is 1. The molecule has 12 heavy (non-hydrogen) atoms. The zero-order valence-electron chi connectivity index (χ0n) is 7.16. The van der Waals surface area contributed by atoms with Gasteiger partial charge in [0.2, 0.25) is 0 Å². The third-order valence-electron chi connectivity index (χ3n) is 2.41. The largest absolute Gasteiger partial charge is 0.152 e. The van der Waals surface area contributed by atoms with E-state index in [0.717, 1.165) is 11.2 Å². The van der Waals surface area contributed by atoms with Crippen LogP contribution in [0, 0.1) is 11.7 Å². The van der Waals surface area contributed by atoms with Crippen molar-refractivity contribution in [2.75, 3.05) is 5.75 Å². The number of hydrogen-bond donors (Lipinski definition) is 0. The lowest BCUT2D eigenvalue weighted by atomic mass is 9.97. The summed E-state index contributed by atoms with van der Waals surface area (Å²) in [6, 6.07) is 0. The molecule has 0 aromatic carbocycles. The Balaban J connectivity index is 1.85. The first-order valence-electron chi connectivity index (χ1n) is 4.64. The Morgan fingerprint density at radius 3 is 3.00 bits per heavy atom. The van der Waals surface area contributed by atoms with Gasteiger partial charge in [-0.25, -0.2) is 0 Å². The van der Waals surface area contributed by atoms with Crippen LogP contribution < -0.4 is 0 Å². The maximum absolute atomic E-state index is 3.55. The lowest BCUT2D eigenvalue weighted by Crippen LogP contribution is -2.20. The Kier molecular flexibility index (Phi) is 3.47. The van der Waals surface area contributed by atoms with Gasteiger partial charge in [-0.15, -0.1) is 11.8 Å². The SMILES string of the molecule is [C]1SCCCC1C1CCC=CS1. The molecule has 0 nitrogen and oxygen atoms in total. The van der Waals surface area contributed by atoms with E-state index in [1.54, 1.807) is 0 Å². The highest BCUT2D eigenvalue weighted by molar-refractivity contribution is 8.03. The van der Waals surface area contributed by atoms with Gasteiger partial charge in [-0.1, -0.05) is 6.08 Å². The van der Waals surface area contributed by atoms with E-state index < -0.39 is 0 Å². The van der Waals surface area contributed by atoms with E-state index >= 15 is 0 Å². The molecular weight excluding hydrogens is 184 g/mol. The zero-order valence-corrected chi connectivity index (χ0v) is 8.79. The van der Waals surface area contributed by atoms with E-state index in [2.05, 4.69) is 17.2 Å². The average molecular weight is 198 g/mol. The Labute approximate surface area is 83.6 Å². The Hall–Kier alpha value is 0.440. The molecule has 2 radical (unpaired) electrons. The number of rotatable bonds is 1. The van der Waals surface area contributed by atoms with Crippen molar-refractivity contribution in [3.8, 4) is 0 Å². The molecule has 0 aliphatic carbocycles. The summed E-state index contributed by atoms with van der Waals surface area (Å²) in [4.78, 5) is 0. The molecule has 0 N–H and O–H groups in total. The van der Waals surface area contributed by atoms with Gasteiger partial charge in [0, 0.05) is 5.25 Å². The third kappa shape index (κ3) is 2.23. The predicted molar refractivity (Wildman–Crippen MR) is 58.2 cm³/mol. The molecule has 2 atom stereocenters. The van der Waals surface area contributed by atoms with Crippen LogP contribution in [0.25, 0.3) is 0 Å². The van der Waals surface area contributed by atoms with Gasteiger partial charge < -0.3 is 0 Å². The fourth-order valence-electron chi connectivity index (χ4n) is 1.71. The second-order valence-electron chi connectivity index (χ2n) is 3.34. The molecule has 0 aromatic rings. The highest BCUT2D eigenvalue weighted by atomic mass is 32.2. The summed E-state index contributed by atoms with van der Waals surface area (Å²) < 4.78 is 0. The van der Waals surface area contributed by atoms with Crippen LogP contribution in [0.1, 0.15) is 25.7 Å². The summed E-state index contributed by atoms with van der Waals surface area (Å²) in [6.45, 7) is 0. The second-order valence-corrected chi connectivity index (χ2v) is 5.42. The van der Waals surface area contributed by atoms with Crippen LogP contribution in [-0.2, 0) is 0 Å². The molecule has 1 saturated heterocycles. The second kappa shape index (κ2) is 4.61. The molecule has 0 bridgehead atoms. The lowest BCUT2D eigenvalue weighted by Gasteiger charge is -2.29. The minimum atomic E-state index is 0.763. The van der Waals surface area contributed by atoms with Gasteiger partial charge in [-0.2, -0.15) is 11.8 Å². The molecule has 2 aliphatic heterocycles. The number of hydrogen-bond acceptors (Lipinski definition) is 2. The van der Waals surface area contributed by atoms with Gasteiger partial charge in [-0.05, 0) is 42.8 Å². The van der Waals surface area contributed by atoms with Crippen molar-refractivity contribution < 1.29 is 0 Å². The topological polar surface area (TPSA) is 0 Å². The predicted octanol–water partition coefficient (Wildman–Crippen LogP) is 3.58. The van der Waals surface area contributed by atoms with E-state index in [0.29, 0.717) is 0 Å². The lowest BCUT2D eigenvalue weighted by molar-refractivity contribution is 0.515. The van der Waals surface area contributed by atoms with Gasteiger partial charge >= 0.3 is 0 Å². The fourth-order valence-corrected chi connectivity index (χ4v) is 3.84.